The fourth-order valence-electron chi connectivity index (χ4n) is 1.64. The molecule has 0 amide bonds. The number of aliphatic hydroxyl groups is 1. The maximum absolute atomic E-state index is 8.81. The monoisotopic (exact) mass is 255 g/mol. The van der Waals surface area contributed by atoms with Crippen LogP contribution in [0.25, 0.3) is 0 Å². The van der Waals surface area contributed by atoms with Gasteiger partial charge in [0, 0.05) is 17.9 Å². The van der Waals surface area contributed by atoms with E-state index in [4.69, 9.17) is 15.6 Å². The summed E-state index contributed by atoms with van der Waals surface area (Å²) in [5, 5.41) is 9.05. The average molecular weight is 255 g/mol. The van der Waals surface area contributed by atoms with Crippen molar-refractivity contribution in [3.05, 3.63) is 29.8 Å². The van der Waals surface area contributed by atoms with Gasteiger partial charge in [0.15, 0.2) is 0 Å². The van der Waals surface area contributed by atoms with Crippen LogP contribution in [0, 0.1) is 0 Å². The predicted octanol–water partition coefficient (Wildman–Crippen LogP) is 2.20. The van der Waals surface area contributed by atoms with Crippen molar-refractivity contribution in [3.8, 4) is 5.75 Å². The van der Waals surface area contributed by atoms with Crippen LogP contribution in [0.1, 0.15) is 24.2 Å². The van der Waals surface area contributed by atoms with Gasteiger partial charge in [0.05, 0.1) is 7.11 Å². The molecular formula is C13H21NO2S. The van der Waals surface area contributed by atoms with Crippen LogP contribution < -0.4 is 10.5 Å². The van der Waals surface area contributed by atoms with Crippen LogP contribution in [0.2, 0.25) is 0 Å². The first kappa shape index (κ1) is 14.4. The normalized spacial score (nSPS) is 14.4. The van der Waals surface area contributed by atoms with Crippen LogP contribution in [0.15, 0.2) is 24.3 Å². The summed E-state index contributed by atoms with van der Waals surface area (Å²) < 4.78 is 5.22. The molecule has 0 aromatic heterocycles. The standard InChI is InChI=1S/C13H21NO2S/c1-10(14)13(17-8-4-7-15)11-5-3-6-12(9-11)16-2/h3,5-6,9-10,13,15H,4,7-8,14H2,1-2H3. The van der Waals surface area contributed by atoms with Crippen molar-refractivity contribution in [2.24, 2.45) is 5.73 Å². The molecule has 4 heteroatoms. The first-order valence-corrected chi connectivity index (χ1v) is 6.86. The summed E-state index contributed by atoms with van der Waals surface area (Å²) in [4.78, 5) is 0. The summed E-state index contributed by atoms with van der Waals surface area (Å²) in [6.45, 7) is 2.24. The van der Waals surface area contributed by atoms with Crippen LogP contribution in [-0.4, -0.2) is 30.6 Å². The van der Waals surface area contributed by atoms with Gasteiger partial charge in [-0.1, -0.05) is 12.1 Å². The third-order valence-corrected chi connectivity index (χ3v) is 4.08. The maximum Gasteiger partial charge on any atom is 0.119 e. The van der Waals surface area contributed by atoms with E-state index in [0.717, 1.165) is 17.9 Å². The van der Waals surface area contributed by atoms with E-state index in [0.29, 0.717) is 0 Å². The van der Waals surface area contributed by atoms with Gasteiger partial charge < -0.3 is 15.6 Å². The Morgan fingerprint density at radius 1 is 1.47 bits per heavy atom. The highest BCUT2D eigenvalue weighted by molar-refractivity contribution is 7.99. The van der Waals surface area contributed by atoms with Crippen LogP contribution in [0.5, 0.6) is 5.75 Å². The van der Waals surface area contributed by atoms with Crippen LogP contribution in [0.4, 0.5) is 0 Å². The zero-order valence-corrected chi connectivity index (χ0v) is 11.2. The number of methoxy groups -OCH3 is 1. The van der Waals surface area contributed by atoms with E-state index in [1.54, 1.807) is 18.9 Å². The zero-order valence-electron chi connectivity index (χ0n) is 10.4. The first-order chi connectivity index (χ1) is 8.19. The van der Waals surface area contributed by atoms with E-state index in [-0.39, 0.29) is 17.9 Å². The second-order valence-electron chi connectivity index (χ2n) is 4.00. The van der Waals surface area contributed by atoms with Gasteiger partial charge in [-0.25, -0.2) is 0 Å². The van der Waals surface area contributed by atoms with Crippen molar-refractivity contribution in [2.45, 2.75) is 24.6 Å². The molecule has 3 N–H and O–H groups in total. The lowest BCUT2D eigenvalue weighted by Crippen LogP contribution is -2.23. The molecule has 0 aliphatic rings. The lowest BCUT2D eigenvalue weighted by atomic mass is 10.1. The van der Waals surface area contributed by atoms with Crippen molar-refractivity contribution in [3.63, 3.8) is 0 Å². The molecule has 96 valence electrons. The average Bonchev–Trinajstić information content (AvgIpc) is 2.34. The molecule has 0 bridgehead atoms. The van der Waals surface area contributed by atoms with Crippen molar-refractivity contribution in [1.82, 2.24) is 0 Å². The lowest BCUT2D eigenvalue weighted by molar-refractivity contribution is 0.296. The number of ether oxygens (including phenoxy) is 1. The Kier molecular flexibility index (Phi) is 6.40. The smallest absolute Gasteiger partial charge is 0.119 e. The molecule has 0 aliphatic carbocycles. The molecule has 0 spiro atoms. The highest BCUT2D eigenvalue weighted by Gasteiger charge is 2.16. The number of benzene rings is 1. The summed E-state index contributed by atoms with van der Waals surface area (Å²) >= 11 is 1.79. The fraction of sp³-hybridized carbons (Fsp3) is 0.538. The van der Waals surface area contributed by atoms with Crippen molar-refractivity contribution >= 4 is 11.8 Å². The highest BCUT2D eigenvalue weighted by atomic mass is 32.2. The molecule has 0 saturated carbocycles. The fourth-order valence-corrected chi connectivity index (χ4v) is 2.84. The van der Waals surface area contributed by atoms with Gasteiger partial charge in [0.1, 0.15) is 5.75 Å². The number of thioether (sulfide) groups is 1. The Balaban J connectivity index is 2.74. The van der Waals surface area contributed by atoms with Crippen molar-refractivity contribution < 1.29 is 9.84 Å². The van der Waals surface area contributed by atoms with E-state index in [2.05, 4.69) is 6.07 Å². The molecule has 0 saturated heterocycles. The highest BCUT2D eigenvalue weighted by Crippen LogP contribution is 2.33. The van der Waals surface area contributed by atoms with Crippen molar-refractivity contribution in [1.29, 1.82) is 0 Å². The van der Waals surface area contributed by atoms with Gasteiger partial charge in [-0.15, -0.1) is 0 Å². The Hall–Kier alpha value is -0.710. The Bertz CT molecular complexity index is 331. The summed E-state index contributed by atoms with van der Waals surface area (Å²) in [6.07, 6.45) is 0.803. The minimum atomic E-state index is 0.0748. The molecule has 0 aliphatic heterocycles. The Morgan fingerprint density at radius 3 is 2.82 bits per heavy atom. The van der Waals surface area contributed by atoms with E-state index >= 15 is 0 Å². The molecular weight excluding hydrogens is 234 g/mol. The zero-order chi connectivity index (χ0) is 12.7. The van der Waals surface area contributed by atoms with Gasteiger partial charge >= 0.3 is 0 Å². The van der Waals surface area contributed by atoms with E-state index in [9.17, 15) is 0 Å². The minimum Gasteiger partial charge on any atom is -0.497 e. The molecule has 3 nitrogen and oxygen atoms in total. The molecule has 2 atom stereocenters. The summed E-state index contributed by atoms with van der Waals surface area (Å²) in [7, 11) is 1.67. The minimum absolute atomic E-state index is 0.0748. The third-order valence-electron chi connectivity index (χ3n) is 2.50. The Labute approximate surface area is 107 Å². The van der Waals surface area contributed by atoms with E-state index in [1.807, 2.05) is 25.1 Å². The van der Waals surface area contributed by atoms with Gasteiger partial charge in [-0.05, 0) is 36.8 Å². The number of hydrogen-bond donors (Lipinski definition) is 2. The molecule has 1 aromatic rings. The van der Waals surface area contributed by atoms with Crippen LogP contribution in [-0.2, 0) is 0 Å². The summed E-state index contributed by atoms with van der Waals surface area (Å²) in [5.74, 6) is 1.77. The van der Waals surface area contributed by atoms with Crippen LogP contribution >= 0.6 is 11.8 Å². The molecule has 1 aromatic carbocycles. The number of hydrogen-bond acceptors (Lipinski definition) is 4. The number of rotatable bonds is 7. The lowest BCUT2D eigenvalue weighted by Gasteiger charge is -2.21. The second-order valence-corrected chi connectivity index (χ2v) is 5.25. The quantitative estimate of drug-likeness (QED) is 0.733. The largest absolute Gasteiger partial charge is 0.497 e. The van der Waals surface area contributed by atoms with Crippen LogP contribution in [0.3, 0.4) is 0 Å². The van der Waals surface area contributed by atoms with Crippen molar-refractivity contribution in [2.75, 3.05) is 19.5 Å². The van der Waals surface area contributed by atoms with E-state index in [1.165, 1.54) is 5.56 Å². The molecule has 0 fully saturated rings. The van der Waals surface area contributed by atoms with Gasteiger partial charge in [-0.3, -0.25) is 0 Å². The molecule has 2 unspecified atom stereocenters. The molecule has 0 heterocycles. The van der Waals surface area contributed by atoms with Gasteiger partial charge in [0.25, 0.3) is 0 Å². The molecule has 1 rings (SSSR count). The second kappa shape index (κ2) is 7.58. The van der Waals surface area contributed by atoms with Gasteiger partial charge in [0.2, 0.25) is 0 Å². The third kappa shape index (κ3) is 4.58. The molecule has 17 heavy (non-hydrogen) atoms. The SMILES string of the molecule is COc1cccc(C(SCCCO)C(C)N)c1. The van der Waals surface area contributed by atoms with E-state index < -0.39 is 0 Å². The topological polar surface area (TPSA) is 55.5 Å². The first-order valence-electron chi connectivity index (χ1n) is 5.81. The molecule has 0 radical (unpaired) electrons. The number of nitrogens with two attached hydrogens (primary N) is 1. The Morgan fingerprint density at radius 2 is 2.24 bits per heavy atom. The number of aliphatic hydroxyl groups excluding tert-OH is 1. The van der Waals surface area contributed by atoms with Gasteiger partial charge in [-0.2, -0.15) is 11.8 Å². The predicted molar refractivity (Wildman–Crippen MR) is 73.5 cm³/mol. The summed E-state index contributed by atoms with van der Waals surface area (Å²) in [6, 6.07) is 8.09. The summed E-state index contributed by atoms with van der Waals surface area (Å²) in [5.41, 5.74) is 7.20. The maximum atomic E-state index is 8.81.